The van der Waals surface area contributed by atoms with Crippen LogP contribution in [0, 0.1) is 0 Å². The second kappa shape index (κ2) is 25.2. The molecule has 1 aromatic heterocycles. The lowest BCUT2D eigenvalue weighted by Crippen LogP contribution is -2.58. The van der Waals surface area contributed by atoms with Crippen LogP contribution in [0.15, 0.2) is 111 Å². The molecule has 0 fully saturated rings. The van der Waals surface area contributed by atoms with Crippen LogP contribution in [-0.2, 0) is 33.8 Å². The zero-order valence-electron chi connectivity index (χ0n) is 37.1. The molecule has 3 aromatic carbocycles. The maximum absolute atomic E-state index is 14.3. The first kappa shape index (κ1) is 53.6. The number of amides is 6. The number of hydrogen-bond donors (Lipinski definition) is 18. The number of aliphatic hydroxyl groups is 1. The van der Waals surface area contributed by atoms with Crippen molar-refractivity contribution >= 4 is 93.3 Å². The van der Waals surface area contributed by atoms with Crippen molar-refractivity contribution in [3.05, 3.63) is 102 Å². The maximum Gasteiger partial charge on any atom is 0.270 e. The molecule has 0 aliphatic rings. The Morgan fingerprint density at radius 1 is 0.620 bits per heavy atom. The summed E-state index contributed by atoms with van der Waals surface area (Å²) in [5.41, 5.74) is 59.9. The molecule has 4 aromatic rings. The van der Waals surface area contributed by atoms with Crippen molar-refractivity contribution in [2.45, 2.75) is 36.9 Å². The molecule has 0 bridgehead atoms. The van der Waals surface area contributed by atoms with Gasteiger partial charge in [0.25, 0.3) is 29.5 Å². The van der Waals surface area contributed by atoms with E-state index in [0.717, 1.165) is 0 Å². The Balaban J connectivity index is 1.64. The molecule has 4 rings (SSSR count). The van der Waals surface area contributed by atoms with Crippen LogP contribution in [0.4, 0.5) is 17.1 Å². The Labute approximate surface area is 401 Å². The molecule has 31 nitrogen and oxygen atoms in total. The fourth-order valence-electron chi connectivity index (χ4n) is 6.16. The molecule has 6 unspecified atom stereocenters. The van der Waals surface area contributed by atoms with Gasteiger partial charge in [-0.3, -0.25) is 33.8 Å². The molecule has 0 radical (unpaired) electrons. The number of carbonyl (C=O) groups is 6. The molecular weight excluding hydrogens is 933 g/mol. The third-order valence-electron chi connectivity index (χ3n) is 9.25. The van der Waals surface area contributed by atoms with E-state index < -0.39 is 96.2 Å². The monoisotopic (exact) mass is 984 g/mol. The van der Waals surface area contributed by atoms with E-state index >= 15 is 0 Å². The molecule has 28 N–H and O–H groups in total. The first-order chi connectivity index (χ1) is 33.7. The Hall–Kier alpha value is -10.0. The quantitative estimate of drug-likeness (QED) is 0.00821. The fraction of sp³-hybridized carbons (Fsp3) is 0.175. The number of nitrogens with two attached hydrogens (primary N) is 10. The average Bonchev–Trinajstić information content (AvgIpc) is 3.31. The van der Waals surface area contributed by atoms with E-state index in [1.165, 1.54) is 29.2 Å². The molecule has 6 amide bonds. The van der Waals surface area contributed by atoms with Crippen molar-refractivity contribution in [3.63, 3.8) is 0 Å². The fourth-order valence-corrected chi connectivity index (χ4v) is 6.16. The number of fused-ring (bicyclic) bond motifs is 1. The number of hydrogen-bond acceptors (Lipinski definition) is 17. The third kappa shape index (κ3) is 15.8. The number of aliphatic imine (C=N–C) groups is 4. The molecule has 0 aliphatic heterocycles. The standard InChI is InChI=1S/C40H52N22O9/c41-24-21-9-4-16-51-22(21)14-15-23(24)62(17-5-6-18-10-12-20(13-11-18)61-71-70)36(69)35(68)52-25(19-7-2-1-3-8-19)31(64)54-28(58-38(45)46)33(66)56-30(60-40(49)50)34(67)55-29(59-39(47)48)32(65)53-27(26(42)63)57-37(43)44/h1-16,25,27-30,36,61,69-70H,17,41H2,(H2,42,63)(H,52,68)(H,53,65)(H,54,64)(H,55,67)(H,56,66)(H4,43,44,57)(H4,45,46,58)(H4,47,48,59)(H4,49,50,60)/b6-5-. The smallest absolute Gasteiger partial charge is 0.270 e. The third-order valence-corrected chi connectivity index (χ3v) is 9.25. The van der Waals surface area contributed by atoms with Gasteiger partial charge in [-0.2, -0.15) is 0 Å². The molecule has 1 heterocycles. The van der Waals surface area contributed by atoms with Gasteiger partial charge in [0.2, 0.25) is 36.8 Å². The number of benzene rings is 3. The topological polar surface area (TPSA) is 550 Å². The van der Waals surface area contributed by atoms with E-state index in [2.05, 4.69) is 51.4 Å². The van der Waals surface area contributed by atoms with Crippen LogP contribution < -0.4 is 94.3 Å². The van der Waals surface area contributed by atoms with Crippen molar-refractivity contribution in [3.8, 4) is 0 Å². The predicted octanol–water partition coefficient (Wildman–Crippen LogP) is -6.32. The minimum atomic E-state index is -2.16. The lowest BCUT2D eigenvalue weighted by atomic mass is 10.1. The van der Waals surface area contributed by atoms with Gasteiger partial charge in [0.1, 0.15) is 6.04 Å². The van der Waals surface area contributed by atoms with E-state index in [1.807, 2.05) is 10.6 Å². The normalized spacial score (nSPS) is 13.3. The SMILES string of the molecule is NC(=O)C(N=C(N)N)NC(=O)C(N=C(N)N)NC(=O)C(N=C(N)N)NC(=O)C(N=C(N)N)NC(=O)C(NC(=O)C(O)N(C/C=C\c1ccc(NOO)cc1)c1ccc2ncccc2c1N)c1ccccc1. The summed E-state index contributed by atoms with van der Waals surface area (Å²) in [6.07, 6.45) is -5.43. The Morgan fingerprint density at radius 3 is 1.63 bits per heavy atom. The summed E-state index contributed by atoms with van der Waals surface area (Å²) < 4.78 is 0. The number of pyridine rings is 1. The molecule has 0 spiro atoms. The number of aromatic nitrogens is 1. The number of primary amides is 1. The number of nitrogens with one attached hydrogen (secondary N) is 6. The Bertz CT molecular complexity index is 2700. The van der Waals surface area contributed by atoms with Crippen LogP contribution in [0.5, 0.6) is 0 Å². The van der Waals surface area contributed by atoms with Crippen molar-refractivity contribution in [2.75, 3.05) is 22.7 Å². The van der Waals surface area contributed by atoms with Crippen molar-refractivity contribution in [1.82, 2.24) is 31.6 Å². The van der Waals surface area contributed by atoms with Crippen LogP contribution in [0.25, 0.3) is 17.0 Å². The van der Waals surface area contributed by atoms with E-state index in [-0.39, 0.29) is 23.5 Å². The number of guanidine groups is 4. The van der Waals surface area contributed by atoms with Gasteiger partial charge in [-0.25, -0.2) is 30.7 Å². The number of aliphatic hydroxyl groups excluding tert-OH is 1. The summed E-state index contributed by atoms with van der Waals surface area (Å²) in [5.74, 6) is -10.6. The number of nitrogens with zero attached hydrogens (tertiary/aromatic N) is 6. The van der Waals surface area contributed by atoms with E-state index in [9.17, 15) is 33.9 Å². The first-order valence-corrected chi connectivity index (χ1v) is 20.3. The summed E-state index contributed by atoms with van der Waals surface area (Å²) in [6.45, 7) is -0.146. The summed E-state index contributed by atoms with van der Waals surface area (Å²) >= 11 is 0. The molecule has 31 heteroatoms. The highest BCUT2D eigenvalue weighted by Gasteiger charge is 2.35. The summed E-state index contributed by atoms with van der Waals surface area (Å²) in [4.78, 5) is 105. The highest BCUT2D eigenvalue weighted by Crippen LogP contribution is 2.32. The number of carbonyl (C=O) groups excluding carboxylic acids is 6. The predicted molar refractivity (Wildman–Crippen MR) is 260 cm³/mol. The maximum atomic E-state index is 14.3. The Kier molecular flexibility index (Phi) is 19.0. The van der Waals surface area contributed by atoms with Gasteiger partial charge >= 0.3 is 0 Å². The van der Waals surface area contributed by atoms with Gasteiger partial charge < -0.3 is 93.9 Å². The van der Waals surface area contributed by atoms with Gasteiger partial charge in [0, 0.05) is 18.1 Å². The van der Waals surface area contributed by atoms with Crippen LogP contribution in [0.1, 0.15) is 17.2 Å². The van der Waals surface area contributed by atoms with Gasteiger partial charge in [0.15, 0.2) is 23.8 Å². The molecule has 0 saturated heterocycles. The number of rotatable bonds is 23. The Morgan fingerprint density at radius 2 is 1.13 bits per heavy atom. The van der Waals surface area contributed by atoms with Crippen LogP contribution >= 0.6 is 0 Å². The van der Waals surface area contributed by atoms with Gasteiger partial charge in [-0.15, -0.1) is 4.99 Å². The first-order valence-electron chi connectivity index (χ1n) is 20.3. The number of nitrogen functional groups attached to an aromatic ring is 1. The van der Waals surface area contributed by atoms with Crippen LogP contribution in [0.3, 0.4) is 0 Å². The minimum Gasteiger partial charge on any atom is -0.396 e. The molecule has 71 heavy (non-hydrogen) atoms. The molecule has 0 saturated carbocycles. The van der Waals surface area contributed by atoms with E-state index in [0.29, 0.717) is 22.2 Å². The van der Waals surface area contributed by atoms with Crippen molar-refractivity contribution in [1.29, 1.82) is 0 Å². The zero-order valence-corrected chi connectivity index (χ0v) is 37.1. The molecule has 0 aliphatic carbocycles. The lowest BCUT2D eigenvalue weighted by Gasteiger charge is -2.31. The minimum absolute atomic E-state index is 0.127. The van der Waals surface area contributed by atoms with E-state index in [1.54, 1.807) is 72.9 Å². The van der Waals surface area contributed by atoms with Crippen molar-refractivity contribution < 1.29 is 44.1 Å². The molecule has 376 valence electrons. The van der Waals surface area contributed by atoms with Crippen molar-refractivity contribution in [2.24, 2.45) is 71.6 Å². The second-order valence-corrected chi connectivity index (χ2v) is 14.4. The number of anilines is 3. The highest BCUT2D eigenvalue weighted by molar-refractivity contribution is 6.01. The van der Waals surface area contributed by atoms with Gasteiger partial charge in [-0.05, 0) is 47.5 Å². The summed E-state index contributed by atoms with van der Waals surface area (Å²) in [7, 11) is 0. The molecule has 6 atom stereocenters. The van der Waals surface area contributed by atoms with Crippen LogP contribution in [-0.4, -0.2) is 112 Å². The lowest BCUT2D eigenvalue weighted by molar-refractivity contribution is -0.215. The summed E-state index contributed by atoms with van der Waals surface area (Å²) in [5, 5.41) is 31.9. The van der Waals surface area contributed by atoms with Crippen LogP contribution in [0.2, 0.25) is 0 Å². The average molecular weight is 985 g/mol. The highest BCUT2D eigenvalue weighted by atomic mass is 17.2. The zero-order chi connectivity index (χ0) is 52.4. The van der Waals surface area contributed by atoms with Gasteiger partial charge in [0.05, 0.1) is 22.6 Å². The molecular formula is C40H52N22O9. The second-order valence-electron chi connectivity index (χ2n) is 14.4. The van der Waals surface area contributed by atoms with Gasteiger partial charge in [-0.1, -0.05) is 54.6 Å². The summed E-state index contributed by atoms with van der Waals surface area (Å²) in [6, 6.07) is 19.0. The van der Waals surface area contributed by atoms with E-state index in [4.69, 9.17) is 62.6 Å². The largest absolute Gasteiger partial charge is 0.396 e.